The molecule has 0 amide bonds. The summed E-state index contributed by atoms with van der Waals surface area (Å²) >= 11 is 6.62. The average Bonchev–Trinajstić information content (AvgIpc) is 3.12. The zero-order valence-corrected chi connectivity index (χ0v) is 20.8. The Balaban J connectivity index is 1.53. The van der Waals surface area contributed by atoms with Crippen LogP contribution in [-0.4, -0.2) is 34.8 Å². The molecule has 3 rings (SSSR count). The van der Waals surface area contributed by atoms with E-state index in [1.54, 1.807) is 0 Å². The van der Waals surface area contributed by atoms with Gasteiger partial charge in [-0.3, -0.25) is 4.79 Å². The third-order valence-electron chi connectivity index (χ3n) is 7.64. The lowest BCUT2D eigenvalue weighted by Gasteiger charge is -2.24. The number of hydrogen-bond donors (Lipinski definition) is 2. The van der Waals surface area contributed by atoms with Crippen LogP contribution in [0.15, 0.2) is 36.4 Å². The number of aliphatic hydroxyl groups excluding tert-OH is 2. The van der Waals surface area contributed by atoms with Crippen molar-refractivity contribution >= 4 is 17.6 Å². The fourth-order valence-electron chi connectivity index (χ4n) is 5.64. The van der Waals surface area contributed by atoms with Crippen LogP contribution in [-0.2, 0) is 9.53 Å². The first-order valence-corrected chi connectivity index (χ1v) is 13.2. The van der Waals surface area contributed by atoms with E-state index in [1.165, 1.54) is 39.2 Å². The number of rotatable bonds is 11. The zero-order valence-electron chi connectivity index (χ0n) is 20.0. The molecule has 1 aromatic rings. The van der Waals surface area contributed by atoms with Gasteiger partial charge >= 0.3 is 5.97 Å². The summed E-state index contributed by atoms with van der Waals surface area (Å²) in [5.41, 5.74) is 2.06. The standard InChI is InChI=1S/C28H41ClO4/c1-33-27(32)12-8-3-2-7-11-23-24(29)19-26(31)28(23)22-16-14-21(15-17-22)25(30)18-13-20-9-5-4-6-10-20/h2,7,14-17,20,23-26,28,30-31H,3-6,8-13,18-19H2,1H3/b7-2-/t23-,24+,25?,26+,28+/m0/s1. The van der Waals surface area contributed by atoms with E-state index in [-0.39, 0.29) is 23.2 Å². The van der Waals surface area contributed by atoms with Crippen LogP contribution in [0.1, 0.15) is 100 Å². The van der Waals surface area contributed by atoms with Crippen molar-refractivity contribution in [2.45, 2.75) is 101 Å². The monoisotopic (exact) mass is 476 g/mol. The first-order chi connectivity index (χ1) is 16.0. The lowest BCUT2D eigenvalue weighted by molar-refractivity contribution is -0.140. The van der Waals surface area contributed by atoms with Crippen molar-refractivity contribution in [1.29, 1.82) is 0 Å². The number of hydrogen-bond acceptors (Lipinski definition) is 4. The van der Waals surface area contributed by atoms with Crippen LogP contribution in [0.4, 0.5) is 0 Å². The molecule has 0 aliphatic heterocycles. The SMILES string of the molecule is COC(=O)CCC/C=C\C[C@@H]1[C@@H](c2ccc(C(O)CCC3CCCCC3)cc2)[C@H](O)C[C@H]1Cl. The highest BCUT2D eigenvalue weighted by Gasteiger charge is 2.41. The Kier molecular flexibility index (Phi) is 10.7. The fraction of sp³-hybridized carbons (Fsp3) is 0.679. The van der Waals surface area contributed by atoms with Crippen molar-refractivity contribution in [1.82, 2.24) is 0 Å². The van der Waals surface area contributed by atoms with Crippen LogP contribution in [0.3, 0.4) is 0 Å². The number of carbonyl (C=O) groups is 1. The van der Waals surface area contributed by atoms with Crippen LogP contribution >= 0.6 is 11.6 Å². The number of alkyl halides is 1. The first kappa shape index (κ1) is 26.2. The molecule has 0 heterocycles. The van der Waals surface area contributed by atoms with Gasteiger partial charge in [0.1, 0.15) is 0 Å². The highest BCUT2D eigenvalue weighted by Crippen LogP contribution is 2.45. The van der Waals surface area contributed by atoms with E-state index in [2.05, 4.69) is 29.0 Å². The van der Waals surface area contributed by atoms with Gasteiger partial charge in [0, 0.05) is 17.7 Å². The molecule has 2 saturated carbocycles. The van der Waals surface area contributed by atoms with Gasteiger partial charge in [-0.2, -0.15) is 0 Å². The molecule has 184 valence electrons. The Morgan fingerprint density at radius 2 is 1.91 bits per heavy atom. The third-order valence-corrected chi connectivity index (χ3v) is 8.14. The van der Waals surface area contributed by atoms with Crippen molar-refractivity contribution < 1.29 is 19.7 Å². The summed E-state index contributed by atoms with van der Waals surface area (Å²) in [6.45, 7) is 0. The number of unbranched alkanes of at least 4 members (excludes halogenated alkanes) is 1. The van der Waals surface area contributed by atoms with E-state index in [0.29, 0.717) is 12.8 Å². The highest BCUT2D eigenvalue weighted by atomic mass is 35.5. The molecule has 0 saturated heterocycles. The normalized spacial score (nSPS) is 27.2. The largest absolute Gasteiger partial charge is 0.469 e. The van der Waals surface area contributed by atoms with Crippen LogP contribution in [0.5, 0.6) is 0 Å². The highest BCUT2D eigenvalue weighted by molar-refractivity contribution is 6.21. The number of ether oxygens (including phenoxy) is 1. The van der Waals surface area contributed by atoms with Crippen molar-refractivity contribution in [3.8, 4) is 0 Å². The van der Waals surface area contributed by atoms with Crippen molar-refractivity contribution in [2.24, 2.45) is 11.8 Å². The predicted octanol–water partition coefficient (Wildman–Crippen LogP) is 6.44. The maximum Gasteiger partial charge on any atom is 0.305 e. The molecule has 5 heteroatoms. The third kappa shape index (κ3) is 7.83. The minimum absolute atomic E-state index is 0.000603. The molecule has 1 aromatic carbocycles. The lowest BCUT2D eigenvalue weighted by atomic mass is 9.83. The Hall–Kier alpha value is -1.36. The number of halogens is 1. The molecule has 0 aromatic heterocycles. The van der Waals surface area contributed by atoms with Gasteiger partial charge in [0.2, 0.25) is 0 Å². The summed E-state index contributed by atoms with van der Waals surface area (Å²) < 4.78 is 4.67. The summed E-state index contributed by atoms with van der Waals surface area (Å²) in [4.78, 5) is 11.2. The van der Waals surface area contributed by atoms with Gasteiger partial charge in [-0.05, 0) is 61.5 Å². The lowest BCUT2D eigenvalue weighted by Crippen LogP contribution is -2.18. The Morgan fingerprint density at radius 1 is 1.18 bits per heavy atom. The smallest absolute Gasteiger partial charge is 0.305 e. The Bertz CT molecular complexity index is 741. The van der Waals surface area contributed by atoms with Crippen LogP contribution in [0.25, 0.3) is 0 Å². The topological polar surface area (TPSA) is 66.8 Å². The van der Waals surface area contributed by atoms with E-state index in [4.69, 9.17) is 11.6 Å². The van der Waals surface area contributed by atoms with Gasteiger partial charge < -0.3 is 14.9 Å². The molecule has 1 unspecified atom stereocenters. The number of esters is 1. The molecule has 2 aliphatic rings. The minimum atomic E-state index is -0.452. The van der Waals surface area contributed by atoms with Gasteiger partial charge in [-0.25, -0.2) is 0 Å². The first-order valence-electron chi connectivity index (χ1n) is 12.8. The maximum absolute atomic E-state index is 11.2. The number of carbonyl (C=O) groups excluding carboxylic acids is 1. The molecule has 2 aliphatic carbocycles. The number of methoxy groups -OCH3 is 1. The molecule has 0 spiro atoms. The van der Waals surface area contributed by atoms with Crippen molar-refractivity contribution in [3.63, 3.8) is 0 Å². The molecule has 0 bridgehead atoms. The number of aliphatic hydroxyl groups is 2. The maximum atomic E-state index is 11.2. The Labute approximate surface area is 204 Å². The van der Waals surface area contributed by atoms with E-state index < -0.39 is 12.2 Å². The minimum Gasteiger partial charge on any atom is -0.469 e. The van der Waals surface area contributed by atoms with Crippen LogP contribution < -0.4 is 0 Å². The van der Waals surface area contributed by atoms with E-state index in [9.17, 15) is 15.0 Å². The second kappa shape index (κ2) is 13.5. The Morgan fingerprint density at radius 3 is 2.61 bits per heavy atom. The summed E-state index contributed by atoms with van der Waals surface area (Å²) in [5, 5.41) is 21.3. The number of allylic oxidation sites excluding steroid dienone is 2. The van der Waals surface area contributed by atoms with Crippen LogP contribution in [0, 0.1) is 11.8 Å². The fourth-order valence-corrected chi connectivity index (χ4v) is 6.08. The second-order valence-corrected chi connectivity index (χ2v) is 10.5. The number of benzene rings is 1. The second-order valence-electron chi connectivity index (χ2n) is 9.95. The molecule has 0 radical (unpaired) electrons. The molecule has 2 fully saturated rings. The predicted molar refractivity (Wildman–Crippen MR) is 133 cm³/mol. The summed E-state index contributed by atoms with van der Waals surface area (Å²) in [7, 11) is 1.41. The van der Waals surface area contributed by atoms with Crippen LogP contribution in [0.2, 0.25) is 0 Å². The van der Waals surface area contributed by atoms with Gasteiger partial charge in [-0.1, -0.05) is 68.5 Å². The van der Waals surface area contributed by atoms with Gasteiger partial charge in [0.15, 0.2) is 0 Å². The summed E-state index contributed by atoms with van der Waals surface area (Å²) in [6.07, 6.45) is 15.4. The molecule has 2 N–H and O–H groups in total. The molecular formula is C28H41ClO4. The summed E-state index contributed by atoms with van der Waals surface area (Å²) in [6, 6.07) is 8.17. The molecule has 5 atom stereocenters. The average molecular weight is 477 g/mol. The van der Waals surface area contributed by atoms with Gasteiger partial charge in [-0.15, -0.1) is 11.6 Å². The molecular weight excluding hydrogens is 436 g/mol. The molecule has 33 heavy (non-hydrogen) atoms. The zero-order chi connectivity index (χ0) is 23.6. The van der Waals surface area contributed by atoms with E-state index in [0.717, 1.165) is 49.1 Å². The van der Waals surface area contributed by atoms with Crippen molar-refractivity contribution in [3.05, 3.63) is 47.5 Å². The van der Waals surface area contributed by atoms with Gasteiger partial charge in [0.25, 0.3) is 0 Å². The van der Waals surface area contributed by atoms with Crippen molar-refractivity contribution in [2.75, 3.05) is 7.11 Å². The van der Waals surface area contributed by atoms with E-state index in [1.807, 2.05) is 12.1 Å². The van der Waals surface area contributed by atoms with E-state index >= 15 is 0 Å². The van der Waals surface area contributed by atoms with Gasteiger partial charge in [0.05, 0.1) is 19.3 Å². The summed E-state index contributed by atoms with van der Waals surface area (Å²) in [5.74, 6) is 0.767. The quantitative estimate of drug-likeness (QED) is 0.167. The molecule has 4 nitrogen and oxygen atoms in total.